The van der Waals surface area contributed by atoms with Gasteiger partial charge < -0.3 is 10.8 Å². The minimum Gasteiger partial charge on any atom is -0.313 e. The van der Waals surface area contributed by atoms with Crippen LogP contribution in [0.2, 0.25) is 0 Å². The summed E-state index contributed by atoms with van der Waals surface area (Å²) in [7, 11) is 3.60. The molecule has 0 spiro atoms. The second-order valence-electron chi connectivity index (χ2n) is 2.81. The van der Waals surface area contributed by atoms with E-state index in [1.165, 1.54) is 6.21 Å². The highest BCUT2D eigenvalue weighted by atomic mass is 16.1. The SMILES string of the molecule is CN(C)C(CCC=N)C(=O)C=N. The summed E-state index contributed by atoms with van der Waals surface area (Å²) in [5.41, 5.74) is 0. The zero-order chi connectivity index (χ0) is 9.56. The van der Waals surface area contributed by atoms with Crippen LogP contribution in [0.1, 0.15) is 12.8 Å². The number of nitrogens with zero attached hydrogens (tertiary/aromatic N) is 1. The van der Waals surface area contributed by atoms with Crippen LogP contribution < -0.4 is 0 Å². The molecule has 1 atom stereocenters. The first-order valence-corrected chi connectivity index (χ1v) is 3.83. The second kappa shape index (κ2) is 5.60. The summed E-state index contributed by atoms with van der Waals surface area (Å²) >= 11 is 0. The summed E-state index contributed by atoms with van der Waals surface area (Å²) in [6, 6.07) is -0.246. The molecule has 0 aromatic rings. The molecule has 4 nitrogen and oxygen atoms in total. The van der Waals surface area contributed by atoms with Crippen LogP contribution in [0.25, 0.3) is 0 Å². The molecule has 0 fully saturated rings. The van der Waals surface area contributed by atoms with Gasteiger partial charge in [0.2, 0.25) is 0 Å². The fourth-order valence-corrected chi connectivity index (χ4v) is 0.992. The Labute approximate surface area is 72.6 Å². The largest absolute Gasteiger partial charge is 0.313 e. The van der Waals surface area contributed by atoms with Crippen molar-refractivity contribution in [2.45, 2.75) is 18.9 Å². The van der Waals surface area contributed by atoms with Crippen molar-refractivity contribution in [1.29, 1.82) is 10.8 Å². The summed E-state index contributed by atoms with van der Waals surface area (Å²) in [6.45, 7) is 0. The Kier molecular flexibility index (Phi) is 5.12. The van der Waals surface area contributed by atoms with Gasteiger partial charge in [0.1, 0.15) is 0 Å². The predicted octanol–water partition coefficient (Wildman–Crippen LogP) is 0.565. The highest BCUT2D eigenvalue weighted by Crippen LogP contribution is 2.02. The van der Waals surface area contributed by atoms with Crippen LogP contribution in [-0.4, -0.2) is 43.2 Å². The summed E-state index contributed by atoms with van der Waals surface area (Å²) in [5, 5.41) is 13.6. The highest BCUT2D eigenvalue weighted by Gasteiger charge is 2.17. The molecule has 0 aromatic carbocycles. The van der Waals surface area contributed by atoms with E-state index < -0.39 is 0 Å². The van der Waals surface area contributed by atoms with E-state index in [1.54, 1.807) is 19.0 Å². The van der Waals surface area contributed by atoms with E-state index in [2.05, 4.69) is 0 Å². The molecule has 0 heterocycles. The predicted molar refractivity (Wildman–Crippen MR) is 49.3 cm³/mol. The zero-order valence-corrected chi connectivity index (χ0v) is 7.50. The standard InChI is InChI=1S/C8H15N3O/c1-11(2)7(4-3-5-9)8(12)6-10/h5-7,9-10H,3-4H2,1-2H3. The fourth-order valence-electron chi connectivity index (χ4n) is 0.992. The Bertz CT molecular complexity index is 177. The van der Waals surface area contributed by atoms with Gasteiger partial charge in [0.05, 0.1) is 12.3 Å². The summed E-state index contributed by atoms with van der Waals surface area (Å²) < 4.78 is 0. The molecule has 12 heavy (non-hydrogen) atoms. The van der Waals surface area contributed by atoms with Crippen molar-refractivity contribution in [2.24, 2.45) is 0 Å². The van der Waals surface area contributed by atoms with Crippen LogP contribution in [0, 0.1) is 10.8 Å². The van der Waals surface area contributed by atoms with Crippen molar-refractivity contribution in [3.63, 3.8) is 0 Å². The Morgan fingerprint density at radius 2 is 2.08 bits per heavy atom. The Morgan fingerprint density at radius 3 is 2.42 bits per heavy atom. The molecule has 0 saturated heterocycles. The maximum absolute atomic E-state index is 11.1. The van der Waals surface area contributed by atoms with Crippen molar-refractivity contribution < 1.29 is 4.79 Å². The Balaban J connectivity index is 4.12. The van der Waals surface area contributed by atoms with Crippen molar-refractivity contribution in [2.75, 3.05) is 14.1 Å². The van der Waals surface area contributed by atoms with E-state index in [-0.39, 0.29) is 11.8 Å². The molecule has 0 rings (SSSR count). The van der Waals surface area contributed by atoms with Crippen LogP contribution in [0.3, 0.4) is 0 Å². The van der Waals surface area contributed by atoms with Gasteiger partial charge in [-0.15, -0.1) is 0 Å². The van der Waals surface area contributed by atoms with Crippen LogP contribution in [-0.2, 0) is 4.79 Å². The third kappa shape index (κ3) is 3.39. The van der Waals surface area contributed by atoms with Crippen LogP contribution in [0.4, 0.5) is 0 Å². The van der Waals surface area contributed by atoms with E-state index in [0.29, 0.717) is 12.8 Å². The van der Waals surface area contributed by atoms with Gasteiger partial charge in [-0.1, -0.05) is 0 Å². The van der Waals surface area contributed by atoms with Gasteiger partial charge in [0.25, 0.3) is 0 Å². The minimum atomic E-state index is -0.246. The number of carbonyl (C=O) groups is 1. The lowest BCUT2D eigenvalue weighted by atomic mass is 10.1. The number of Topliss-reactive ketones (excluding diaryl/α,β-unsaturated/α-hetero) is 1. The topological polar surface area (TPSA) is 68.0 Å². The molecule has 2 N–H and O–H groups in total. The van der Waals surface area contributed by atoms with Gasteiger partial charge in [-0.05, 0) is 33.2 Å². The first-order chi connectivity index (χ1) is 5.63. The van der Waals surface area contributed by atoms with E-state index >= 15 is 0 Å². The van der Waals surface area contributed by atoms with Crippen LogP contribution in [0.5, 0.6) is 0 Å². The van der Waals surface area contributed by atoms with Gasteiger partial charge in [-0.2, -0.15) is 0 Å². The summed E-state index contributed by atoms with van der Waals surface area (Å²) in [6.07, 6.45) is 3.33. The monoisotopic (exact) mass is 169 g/mol. The van der Waals surface area contributed by atoms with E-state index in [9.17, 15) is 4.79 Å². The summed E-state index contributed by atoms with van der Waals surface area (Å²) in [5.74, 6) is -0.193. The molecule has 1 unspecified atom stereocenters. The lowest BCUT2D eigenvalue weighted by Crippen LogP contribution is -2.36. The lowest BCUT2D eigenvalue weighted by Gasteiger charge is -2.20. The molecule has 0 aromatic heterocycles. The number of likely N-dealkylation sites (N-methyl/N-ethyl adjacent to an activating group) is 1. The number of nitrogens with one attached hydrogen (secondary N) is 2. The first kappa shape index (κ1) is 11.0. The molecule has 4 heteroatoms. The van der Waals surface area contributed by atoms with Crippen molar-refractivity contribution in [3.05, 3.63) is 0 Å². The summed E-state index contributed by atoms with van der Waals surface area (Å²) in [4.78, 5) is 12.9. The van der Waals surface area contributed by atoms with E-state index in [0.717, 1.165) is 6.21 Å². The molecule has 68 valence electrons. The molecular weight excluding hydrogens is 154 g/mol. The first-order valence-electron chi connectivity index (χ1n) is 3.83. The van der Waals surface area contributed by atoms with Crippen molar-refractivity contribution in [3.8, 4) is 0 Å². The van der Waals surface area contributed by atoms with Crippen molar-refractivity contribution in [1.82, 2.24) is 4.90 Å². The number of hydrogen-bond donors (Lipinski definition) is 2. The van der Waals surface area contributed by atoms with Gasteiger partial charge in [-0.3, -0.25) is 9.69 Å². The Morgan fingerprint density at radius 1 is 1.50 bits per heavy atom. The third-order valence-electron chi connectivity index (χ3n) is 1.68. The Hall–Kier alpha value is -1.03. The van der Waals surface area contributed by atoms with E-state index in [4.69, 9.17) is 10.8 Å². The minimum absolute atomic E-state index is 0.193. The van der Waals surface area contributed by atoms with Gasteiger partial charge in [0.15, 0.2) is 5.78 Å². The molecule has 0 aliphatic rings. The van der Waals surface area contributed by atoms with Gasteiger partial charge in [0, 0.05) is 0 Å². The number of rotatable bonds is 6. The molecular formula is C8H15N3O. The average Bonchev–Trinajstić information content (AvgIpc) is 2.04. The number of carbonyl (C=O) groups excluding carboxylic acids is 1. The number of hydrogen-bond acceptors (Lipinski definition) is 4. The maximum atomic E-state index is 11.1. The van der Waals surface area contributed by atoms with E-state index in [1.807, 2.05) is 0 Å². The molecule has 0 aliphatic carbocycles. The van der Waals surface area contributed by atoms with Crippen LogP contribution >= 0.6 is 0 Å². The molecule has 0 radical (unpaired) electrons. The third-order valence-corrected chi connectivity index (χ3v) is 1.68. The van der Waals surface area contributed by atoms with Gasteiger partial charge >= 0.3 is 0 Å². The second-order valence-corrected chi connectivity index (χ2v) is 2.81. The lowest BCUT2D eigenvalue weighted by molar-refractivity contribution is -0.116. The number of ketones is 1. The van der Waals surface area contributed by atoms with Gasteiger partial charge in [-0.25, -0.2) is 0 Å². The highest BCUT2D eigenvalue weighted by molar-refractivity contribution is 6.28. The normalized spacial score (nSPS) is 12.6. The fraction of sp³-hybridized carbons (Fsp3) is 0.625. The maximum Gasteiger partial charge on any atom is 0.190 e. The molecule has 0 saturated carbocycles. The average molecular weight is 169 g/mol. The molecule has 0 aliphatic heterocycles. The van der Waals surface area contributed by atoms with Crippen molar-refractivity contribution >= 4 is 18.2 Å². The molecule has 0 amide bonds. The quantitative estimate of drug-likeness (QED) is 0.570. The van der Waals surface area contributed by atoms with Crippen LogP contribution in [0.15, 0.2) is 0 Å². The zero-order valence-electron chi connectivity index (χ0n) is 7.50. The molecule has 0 bridgehead atoms. The smallest absolute Gasteiger partial charge is 0.190 e.